The number of benzene rings is 1. The predicted octanol–water partition coefficient (Wildman–Crippen LogP) is 3.66. The smallest absolute Gasteiger partial charge is 0.118 e. The van der Waals surface area contributed by atoms with Gasteiger partial charge in [0.25, 0.3) is 0 Å². The Hall–Kier alpha value is -0.700. The van der Waals surface area contributed by atoms with E-state index in [4.69, 9.17) is 27.9 Å². The van der Waals surface area contributed by atoms with Gasteiger partial charge in [-0.3, -0.25) is 0 Å². The van der Waals surface area contributed by atoms with Crippen LogP contribution >= 0.6 is 23.2 Å². The molecule has 0 spiro atoms. The third kappa shape index (κ3) is 4.05. The average Bonchev–Trinajstić information content (AvgIpc) is 2.35. The summed E-state index contributed by atoms with van der Waals surface area (Å²) in [5.74, 6) is 0.856. The summed E-state index contributed by atoms with van der Waals surface area (Å²) in [6.07, 6.45) is 0. The molecule has 0 aliphatic carbocycles. The van der Waals surface area contributed by atoms with Gasteiger partial charge in [0.15, 0.2) is 0 Å². The van der Waals surface area contributed by atoms with Gasteiger partial charge in [-0.15, -0.1) is 0 Å². The Kier molecular flexibility index (Phi) is 5.67. The maximum atomic E-state index is 5.79. The Morgan fingerprint density at radius 3 is 2.56 bits per heavy atom. The number of rotatable bonds is 5. The maximum absolute atomic E-state index is 5.79. The molecule has 1 rings (SSSR count). The normalized spacial score (nSPS) is 13.6. The first-order valence-electron chi connectivity index (χ1n) is 4.99. The van der Waals surface area contributed by atoms with E-state index in [1.807, 2.05) is 24.3 Å². The zero-order chi connectivity index (χ0) is 12.0. The van der Waals surface area contributed by atoms with Crippen molar-refractivity contribution in [2.45, 2.75) is 13.0 Å². The molecular weight excluding hydrogens is 245 g/mol. The SMILES string of the molecule is COc1ccc(C(C)NCC(Cl)=CCl)cc1. The minimum absolute atomic E-state index is 0.219. The lowest BCUT2D eigenvalue weighted by Gasteiger charge is -2.14. The molecule has 0 aliphatic heterocycles. The van der Waals surface area contributed by atoms with Crippen LogP contribution in [0.5, 0.6) is 5.75 Å². The topological polar surface area (TPSA) is 21.3 Å². The van der Waals surface area contributed by atoms with E-state index in [0.717, 1.165) is 5.75 Å². The highest BCUT2D eigenvalue weighted by Gasteiger charge is 2.04. The van der Waals surface area contributed by atoms with E-state index in [-0.39, 0.29) is 6.04 Å². The summed E-state index contributed by atoms with van der Waals surface area (Å²) in [5, 5.41) is 3.86. The summed E-state index contributed by atoms with van der Waals surface area (Å²) in [6, 6.07) is 8.14. The lowest BCUT2D eigenvalue weighted by molar-refractivity contribution is 0.414. The van der Waals surface area contributed by atoms with Crippen molar-refractivity contribution in [1.82, 2.24) is 5.32 Å². The van der Waals surface area contributed by atoms with E-state index in [1.165, 1.54) is 11.1 Å². The Balaban J connectivity index is 2.55. The molecular formula is C12H15Cl2NO. The third-order valence-electron chi connectivity index (χ3n) is 2.31. The molecule has 1 unspecified atom stereocenters. The number of hydrogen-bond donors (Lipinski definition) is 1. The maximum Gasteiger partial charge on any atom is 0.118 e. The van der Waals surface area contributed by atoms with Gasteiger partial charge < -0.3 is 10.1 Å². The van der Waals surface area contributed by atoms with E-state index in [1.54, 1.807) is 7.11 Å². The van der Waals surface area contributed by atoms with Gasteiger partial charge in [0, 0.05) is 23.2 Å². The molecule has 1 aromatic rings. The highest BCUT2D eigenvalue weighted by molar-refractivity contribution is 6.36. The highest BCUT2D eigenvalue weighted by atomic mass is 35.5. The number of methoxy groups -OCH3 is 1. The molecule has 0 aromatic heterocycles. The van der Waals surface area contributed by atoms with Crippen molar-refractivity contribution in [1.29, 1.82) is 0 Å². The summed E-state index contributed by atoms with van der Waals surface area (Å²) >= 11 is 11.3. The third-order valence-corrected chi connectivity index (χ3v) is 2.93. The van der Waals surface area contributed by atoms with Crippen molar-refractivity contribution >= 4 is 23.2 Å². The first-order valence-corrected chi connectivity index (χ1v) is 5.81. The predicted molar refractivity (Wildman–Crippen MR) is 69.2 cm³/mol. The average molecular weight is 260 g/mol. The minimum Gasteiger partial charge on any atom is -0.497 e. The quantitative estimate of drug-likeness (QED) is 0.872. The van der Waals surface area contributed by atoms with Crippen LogP contribution < -0.4 is 10.1 Å². The van der Waals surface area contributed by atoms with Crippen LogP contribution in [0.4, 0.5) is 0 Å². The fraction of sp³-hybridized carbons (Fsp3) is 0.333. The zero-order valence-corrected chi connectivity index (χ0v) is 10.8. The Morgan fingerprint density at radius 1 is 1.44 bits per heavy atom. The van der Waals surface area contributed by atoms with Crippen LogP contribution in [-0.4, -0.2) is 13.7 Å². The lowest BCUT2D eigenvalue weighted by atomic mass is 10.1. The van der Waals surface area contributed by atoms with Crippen molar-refractivity contribution in [3.8, 4) is 5.75 Å². The molecule has 1 aromatic carbocycles. The molecule has 1 atom stereocenters. The van der Waals surface area contributed by atoms with Crippen molar-refractivity contribution in [3.05, 3.63) is 40.4 Å². The van der Waals surface area contributed by atoms with E-state index in [9.17, 15) is 0 Å². The number of halogens is 2. The summed E-state index contributed by atoms with van der Waals surface area (Å²) in [5.41, 5.74) is 2.55. The summed E-state index contributed by atoms with van der Waals surface area (Å²) < 4.78 is 5.10. The molecule has 0 aliphatic rings. The van der Waals surface area contributed by atoms with Gasteiger partial charge in [0.05, 0.1) is 7.11 Å². The van der Waals surface area contributed by atoms with Crippen molar-refractivity contribution < 1.29 is 4.74 Å². The molecule has 0 fully saturated rings. The molecule has 0 bridgehead atoms. The summed E-state index contributed by atoms with van der Waals surface area (Å²) in [4.78, 5) is 0. The molecule has 0 radical (unpaired) electrons. The van der Waals surface area contributed by atoms with Crippen molar-refractivity contribution in [2.75, 3.05) is 13.7 Å². The van der Waals surface area contributed by atoms with Gasteiger partial charge >= 0.3 is 0 Å². The second-order valence-corrected chi connectivity index (χ2v) is 4.14. The fourth-order valence-corrected chi connectivity index (χ4v) is 1.45. The van der Waals surface area contributed by atoms with E-state index in [0.29, 0.717) is 11.6 Å². The van der Waals surface area contributed by atoms with E-state index in [2.05, 4.69) is 12.2 Å². The molecule has 88 valence electrons. The first-order chi connectivity index (χ1) is 7.67. The molecule has 0 amide bonds. The van der Waals surface area contributed by atoms with Crippen molar-refractivity contribution in [3.63, 3.8) is 0 Å². The standard InChI is InChI=1S/C12H15Cl2NO/c1-9(15-8-11(14)7-13)10-3-5-12(16-2)6-4-10/h3-7,9,15H,8H2,1-2H3. The van der Waals surface area contributed by atoms with Gasteiger partial charge in [-0.2, -0.15) is 0 Å². The number of nitrogens with one attached hydrogen (secondary N) is 1. The Morgan fingerprint density at radius 2 is 2.06 bits per heavy atom. The first kappa shape index (κ1) is 13.4. The molecule has 0 saturated heterocycles. The number of hydrogen-bond acceptors (Lipinski definition) is 2. The molecule has 16 heavy (non-hydrogen) atoms. The second-order valence-electron chi connectivity index (χ2n) is 3.43. The van der Waals surface area contributed by atoms with Gasteiger partial charge in [-0.25, -0.2) is 0 Å². The fourth-order valence-electron chi connectivity index (χ4n) is 1.30. The highest BCUT2D eigenvalue weighted by Crippen LogP contribution is 2.17. The monoisotopic (exact) mass is 259 g/mol. The molecule has 0 heterocycles. The van der Waals surface area contributed by atoms with E-state index < -0.39 is 0 Å². The zero-order valence-electron chi connectivity index (χ0n) is 9.34. The van der Waals surface area contributed by atoms with Gasteiger partial charge in [0.2, 0.25) is 0 Å². The van der Waals surface area contributed by atoms with Crippen molar-refractivity contribution in [2.24, 2.45) is 0 Å². The second kappa shape index (κ2) is 6.79. The number of ether oxygens (including phenoxy) is 1. The van der Waals surface area contributed by atoms with Crippen LogP contribution in [0, 0.1) is 0 Å². The summed E-state index contributed by atoms with van der Waals surface area (Å²) in [7, 11) is 1.65. The molecule has 2 nitrogen and oxygen atoms in total. The van der Waals surface area contributed by atoms with Gasteiger partial charge in [-0.1, -0.05) is 35.3 Å². The van der Waals surface area contributed by atoms with Crippen LogP contribution in [0.25, 0.3) is 0 Å². The van der Waals surface area contributed by atoms with Crippen LogP contribution in [0.3, 0.4) is 0 Å². The molecule has 4 heteroatoms. The van der Waals surface area contributed by atoms with Crippen LogP contribution in [0.2, 0.25) is 0 Å². The van der Waals surface area contributed by atoms with Crippen LogP contribution in [0.15, 0.2) is 34.8 Å². The lowest BCUT2D eigenvalue weighted by Crippen LogP contribution is -2.19. The van der Waals surface area contributed by atoms with Crippen LogP contribution in [0.1, 0.15) is 18.5 Å². The van der Waals surface area contributed by atoms with Gasteiger partial charge in [0.1, 0.15) is 5.75 Å². The Labute approximate surface area is 106 Å². The molecule has 0 saturated carbocycles. The minimum atomic E-state index is 0.219. The molecule has 1 N–H and O–H groups in total. The van der Waals surface area contributed by atoms with E-state index >= 15 is 0 Å². The van der Waals surface area contributed by atoms with Gasteiger partial charge in [-0.05, 0) is 24.6 Å². The largest absolute Gasteiger partial charge is 0.497 e. The summed E-state index contributed by atoms with van der Waals surface area (Å²) in [6.45, 7) is 2.64. The van der Waals surface area contributed by atoms with Crippen LogP contribution in [-0.2, 0) is 0 Å². The Bertz CT molecular complexity index is 349.